The van der Waals surface area contributed by atoms with Gasteiger partial charge in [0.05, 0.1) is 10.7 Å². The third-order valence-electron chi connectivity index (χ3n) is 2.88. The summed E-state index contributed by atoms with van der Waals surface area (Å²) < 4.78 is 12.8. The molecule has 0 bridgehead atoms. The first-order valence-corrected chi connectivity index (χ1v) is 7.29. The number of rotatable bonds is 5. The molecular formula is C15H19FN2S. The van der Waals surface area contributed by atoms with Crippen molar-refractivity contribution in [1.82, 2.24) is 10.3 Å². The van der Waals surface area contributed by atoms with E-state index in [0.717, 1.165) is 29.2 Å². The van der Waals surface area contributed by atoms with Crippen molar-refractivity contribution in [2.45, 2.75) is 39.8 Å². The first-order valence-electron chi connectivity index (χ1n) is 6.47. The number of aryl methyl sites for hydroxylation is 1. The van der Waals surface area contributed by atoms with Gasteiger partial charge in [0, 0.05) is 23.9 Å². The summed E-state index contributed by atoms with van der Waals surface area (Å²) in [6.45, 7) is 7.18. The molecule has 2 rings (SSSR count). The Hall–Kier alpha value is -1.26. The van der Waals surface area contributed by atoms with Crippen LogP contribution in [0.4, 0.5) is 4.39 Å². The lowest BCUT2D eigenvalue weighted by molar-refractivity contribution is 0.591. The van der Waals surface area contributed by atoms with E-state index in [1.54, 1.807) is 11.3 Å². The van der Waals surface area contributed by atoms with Gasteiger partial charge in [-0.1, -0.05) is 26.0 Å². The molecule has 0 aliphatic carbocycles. The summed E-state index contributed by atoms with van der Waals surface area (Å²) in [5, 5.41) is 4.50. The Morgan fingerprint density at radius 3 is 2.58 bits per heavy atom. The van der Waals surface area contributed by atoms with E-state index in [4.69, 9.17) is 0 Å². The van der Waals surface area contributed by atoms with Crippen LogP contribution in [0.15, 0.2) is 24.3 Å². The Labute approximate surface area is 117 Å². The maximum absolute atomic E-state index is 12.8. The lowest BCUT2D eigenvalue weighted by Crippen LogP contribution is -2.21. The van der Waals surface area contributed by atoms with Crippen LogP contribution in [-0.4, -0.2) is 11.0 Å². The van der Waals surface area contributed by atoms with E-state index < -0.39 is 0 Å². The fourth-order valence-electron chi connectivity index (χ4n) is 1.80. The minimum absolute atomic E-state index is 0.194. The predicted molar refractivity (Wildman–Crippen MR) is 78.0 cm³/mol. The summed E-state index contributed by atoms with van der Waals surface area (Å²) >= 11 is 1.73. The van der Waals surface area contributed by atoms with Gasteiger partial charge in [0.1, 0.15) is 5.82 Å². The fourth-order valence-corrected chi connectivity index (χ4v) is 2.86. The van der Waals surface area contributed by atoms with Crippen LogP contribution in [0.5, 0.6) is 0 Å². The minimum atomic E-state index is -0.194. The first kappa shape index (κ1) is 14.2. The molecule has 1 heterocycles. The van der Waals surface area contributed by atoms with E-state index in [1.807, 2.05) is 19.1 Å². The zero-order chi connectivity index (χ0) is 13.8. The van der Waals surface area contributed by atoms with Crippen molar-refractivity contribution in [3.8, 4) is 0 Å². The van der Waals surface area contributed by atoms with E-state index in [0.29, 0.717) is 6.04 Å². The molecule has 0 fully saturated rings. The summed E-state index contributed by atoms with van der Waals surface area (Å²) in [5.74, 6) is -0.194. The maximum Gasteiger partial charge on any atom is 0.123 e. The van der Waals surface area contributed by atoms with Crippen LogP contribution in [0.1, 0.15) is 35.0 Å². The number of aromatic nitrogens is 1. The van der Waals surface area contributed by atoms with Crippen molar-refractivity contribution in [2.24, 2.45) is 0 Å². The Balaban J connectivity index is 2.05. The summed E-state index contributed by atoms with van der Waals surface area (Å²) in [4.78, 5) is 5.87. The predicted octanol–water partition coefficient (Wildman–Crippen LogP) is 3.68. The van der Waals surface area contributed by atoms with Gasteiger partial charge in [-0.2, -0.15) is 0 Å². The van der Waals surface area contributed by atoms with Gasteiger partial charge in [0.2, 0.25) is 0 Å². The van der Waals surface area contributed by atoms with Gasteiger partial charge in [-0.3, -0.25) is 0 Å². The van der Waals surface area contributed by atoms with Crippen molar-refractivity contribution < 1.29 is 4.39 Å². The normalized spacial score (nSPS) is 11.2. The molecule has 0 saturated carbocycles. The molecule has 0 aliphatic heterocycles. The van der Waals surface area contributed by atoms with Gasteiger partial charge in [-0.15, -0.1) is 11.3 Å². The van der Waals surface area contributed by atoms with Gasteiger partial charge < -0.3 is 5.32 Å². The molecule has 1 aromatic heterocycles. The van der Waals surface area contributed by atoms with Crippen LogP contribution in [0.25, 0.3) is 0 Å². The van der Waals surface area contributed by atoms with E-state index in [2.05, 4.69) is 24.1 Å². The molecule has 1 aromatic carbocycles. The Morgan fingerprint density at radius 1 is 1.26 bits per heavy atom. The van der Waals surface area contributed by atoms with Gasteiger partial charge in [0.15, 0.2) is 0 Å². The zero-order valence-corrected chi connectivity index (χ0v) is 12.4. The van der Waals surface area contributed by atoms with E-state index >= 15 is 0 Å². The molecule has 0 saturated heterocycles. The molecule has 19 heavy (non-hydrogen) atoms. The van der Waals surface area contributed by atoms with E-state index in [9.17, 15) is 4.39 Å². The number of nitrogens with one attached hydrogen (secondary N) is 1. The molecule has 102 valence electrons. The maximum atomic E-state index is 12.8. The monoisotopic (exact) mass is 278 g/mol. The van der Waals surface area contributed by atoms with E-state index in [-0.39, 0.29) is 5.82 Å². The molecular weight excluding hydrogens is 259 g/mol. The molecule has 0 atom stereocenters. The standard InChI is InChI=1S/C15H19FN2S/c1-10(2)17-9-14-11(3)18-15(19-14)8-12-4-6-13(16)7-5-12/h4-7,10,17H,8-9H2,1-3H3. The third kappa shape index (κ3) is 4.11. The fraction of sp³-hybridized carbons (Fsp3) is 0.400. The van der Waals surface area contributed by atoms with Crippen LogP contribution in [0.3, 0.4) is 0 Å². The largest absolute Gasteiger partial charge is 0.310 e. The summed E-state index contributed by atoms with van der Waals surface area (Å²) in [7, 11) is 0. The van der Waals surface area contributed by atoms with Gasteiger partial charge in [-0.05, 0) is 24.6 Å². The summed E-state index contributed by atoms with van der Waals surface area (Å²) in [6, 6.07) is 7.10. The van der Waals surface area contributed by atoms with Crippen molar-refractivity contribution in [1.29, 1.82) is 0 Å². The van der Waals surface area contributed by atoms with Gasteiger partial charge in [-0.25, -0.2) is 9.37 Å². The lowest BCUT2D eigenvalue weighted by Gasteiger charge is -2.05. The Bertz CT molecular complexity index is 532. The number of halogens is 1. The molecule has 0 unspecified atom stereocenters. The molecule has 1 N–H and O–H groups in total. The number of nitrogens with zero attached hydrogens (tertiary/aromatic N) is 1. The Kier molecular flexibility index (Phi) is 4.66. The average molecular weight is 278 g/mol. The highest BCUT2D eigenvalue weighted by molar-refractivity contribution is 7.11. The van der Waals surface area contributed by atoms with Crippen LogP contribution in [0.2, 0.25) is 0 Å². The summed E-state index contributed by atoms with van der Waals surface area (Å²) in [5.41, 5.74) is 2.19. The molecule has 0 aliphatic rings. The zero-order valence-electron chi connectivity index (χ0n) is 11.5. The summed E-state index contributed by atoms with van der Waals surface area (Å²) in [6.07, 6.45) is 0.771. The SMILES string of the molecule is Cc1nc(Cc2ccc(F)cc2)sc1CNC(C)C. The van der Waals surface area contributed by atoms with Crippen molar-refractivity contribution >= 4 is 11.3 Å². The van der Waals surface area contributed by atoms with Crippen LogP contribution < -0.4 is 5.32 Å². The highest BCUT2D eigenvalue weighted by atomic mass is 32.1. The second kappa shape index (κ2) is 6.26. The molecule has 4 heteroatoms. The molecule has 0 amide bonds. The number of hydrogen-bond acceptors (Lipinski definition) is 3. The van der Waals surface area contributed by atoms with Gasteiger partial charge in [0.25, 0.3) is 0 Å². The first-order chi connectivity index (χ1) is 9.04. The minimum Gasteiger partial charge on any atom is -0.310 e. The van der Waals surface area contributed by atoms with E-state index in [1.165, 1.54) is 17.0 Å². The number of hydrogen-bond donors (Lipinski definition) is 1. The molecule has 0 spiro atoms. The van der Waals surface area contributed by atoms with Crippen molar-refractivity contribution in [3.63, 3.8) is 0 Å². The topological polar surface area (TPSA) is 24.9 Å². The van der Waals surface area contributed by atoms with Crippen LogP contribution >= 0.6 is 11.3 Å². The van der Waals surface area contributed by atoms with Gasteiger partial charge >= 0.3 is 0 Å². The Morgan fingerprint density at radius 2 is 1.95 bits per heavy atom. The highest BCUT2D eigenvalue weighted by Gasteiger charge is 2.08. The second-order valence-electron chi connectivity index (χ2n) is 4.96. The lowest BCUT2D eigenvalue weighted by atomic mass is 10.1. The smallest absolute Gasteiger partial charge is 0.123 e. The average Bonchev–Trinajstić information content (AvgIpc) is 2.70. The number of benzene rings is 1. The molecule has 2 nitrogen and oxygen atoms in total. The highest BCUT2D eigenvalue weighted by Crippen LogP contribution is 2.21. The molecule has 2 aromatic rings. The number of thiazole rings is 1. The molecule has 0 radical (unpaired) electrons. The van der Waals surface area contributed by atoms with Crippen molar-refractivity contribution in [2.75, 3.05) is 0 Å². The van der Waals surface area contributed by atoms with Crippen LogP contribution in [-0.2, 0) is 13.0 Å². The second-order valence-corrected chi connectivity index (χ2v) is 6.12. The quantitative estimate of drug-likeness (QED) is 0.902. The van der Waals surface area contributed by atoms with Crippen molar-refractivity contribution in [3.05, 3.63) is 51.2 Å². The van der Waals surface area contributed by atoms with Crippen LogP contribution in [0, 0.1) is 12.7 Å². The third-order valence-corrected chi connectivity index (χ3v) is 4.03.